The molecule has 0 bridgehead atoms. The Kier molecular flexibility index (Phi) is 4.11. The van der Waals surface area contributed by atoms with Gasteiger partial charge in [0.25, 0.3) is 5.56 Å². The molecule has 3 rings (SSSR count). The van der Waals surface area contributed by atoms with Gasteiger partial charge in [-0.2, -0.15) is 0 Å². The van der Waals surface area contributed by atoms with Gasteiger partial charge in [-0.25, -0.2) is 14.6 Å². The van der Waals surface area contributed by atoms with Gasteiger partial charge in [0, 0.05) is 0 Å². The fraction of sp³-hybridized carbons (Fsp3) is 0.286. The van der Waals surface area contributed by atoms with Crippen LogP contribution in [0, 0.1) is 0 Å². The van der Waals surface area contributed by atoms with Gasteiger partial charge in [-0.1, -0.05) is 0 Å². The molecule has 23 heavy (non-hydrogen) atoms. The number of nitrogens with one attached hydrogen (secondary N) is 2. The van der Waals surface area contributed by atoms with E-state index in [1.165, 1.54) is 22.2 Å². The van der Waals surface area contributed by atoms with Gasteiger partial charge in [0.2, 0.25) is 0 Å². The summed E-state index contributed by atoms with van der Waals surface area (Å²) in [7, 11) is 0. The van der Waals surface area contributed by atoms with E-state index in [1.807, 2.05) is 0 Å². The maximum absolute atomic E-state index is 12.4. The van der Waals surface area contributed by atoms with Crippen LogP contribution in [-0.4, -0.2) is 34.7 Å². The first-order valence-corrected chi connectivity index (χ1v) is 7.84. The van der Waals surface area contributed by atoms with Gasteiger partial charge in [-0.3, -0.25) is 9.36 Å². The number of aromatic nitrogens is 2. The fourth-order valence-electron chi connectivity index (χ4n) is 2.26. The third-order valence-corrected chi connectivity index (χ3v) is 4.18. The van der Waals surface area contributed by atoms with Crippen molar-refractivity contribution in [1.82, 2.24) is 20.2 Å². The van der Waals surface area contributed by atoms with Crippen LogP contribution in [0.4, 0.5) is 4.79 Å². The average molecular weight is 334 g/mol. The van der Waals surface area contributed by atoms with E-state index in [0.717, 1.165) is 0 Å². The summed E-state index contributed by atoms with van der Waals surface area (Å²) in [6, 6.07) is 1.28. The number of amides is 2. The predicted molar refractivity (Wildman–Crippen MR) is 84.1 cm³/mol. The lowest BCUT2D eigenvalue weighted by atomic mass is 10.1. The minimum atomic E-state index is -0.521. The smallest absolute Gasteiger partial charge is 0.337 e. The predicted octanol–water partition coefficient (Wildman–Crippen LogP) is 0.588. The molecule has 0 atom stereocenters. The summed E-state index contributed by atoms with van der Waals surface area (Å²) in [5.74, 6) is -0.521. The molecule has 0 aliphatic carbocycles. The number of carbonyl (C=O) groups excluding carboxylic acids is 2. The molecule has 2 amide bonds. The SMILES string of the molecule is CCOC(=O)C1=C(Cn2cnc3sccc3c2=O)NC(=O)NC1. The number of urea groups is 1. The second-order valence-corrected chi connectivity index (χ2v) is 5.70. The lowest BCUT2D eigenvalue weighted by Gasteiger charge is -2.21. The number of fused-ring (bicyclic) bond motifs is 1. The molecule has 2 N–H and O–H groups in total. The van der Waals surface area contributed by atoms with Gasteiger partial charge >= 0.3 is 12.0 Å². The normalized spacial score (nSPS) is 14.6. The molecule has 2 aromatic rings. The molecule has 120 valence electrons. The molecule has 1 aliphatic heterocycles. The molecular formula is C14H14N4O4S. The summed E-state index contributed by atoms with van der Waals surface area (Å²) >= 11 is 1.38. The Balaban J connectivity index is 1.99. The van der Waals surface area contributed by atoms with Crippen LogP contribution in [0.3, 0.4) is 0 Å². The Hall–Kier alpha value is -2.68. The van der Waals surface area contributed by atoms with E-state index in [0.29, 0.717) is 21.5 Å². The van der Waals surface area contributed by atoms with Gasteiger partial charge in [-0.05, 0) is 18.4 Å². The first-order valence-electron chi connectivity index (χ1n) is 6.96. The van der Waals surface area contributed by atoms with E-state index in [2.05, 4.69) is 15.6 Å². The van der Waals surface area contributed by atoms with Crippen LogP contribution in [0.5, 0.6) is 0 Å². The Bertz CT molecular complexity index is 867. The molecule has 0 saturated heterocycles. The third-order valence-electron chi connectivity index (χ3n) is 3.36. The van der Waals surface area contributed by atoms with Gasteiger partial charge in [0.15, 0.2) is 0 Å². The van der Waals surface area contributed by atoms with E-state index in [-0.39, 0.29) is 25.3 Å². The van der Waals surface area contributed by atoms with Crippen LogP contribution in [0.2, 0.25) is 0 Å². The first-order chi connectivity index (χ1) is 11.1. The Morgan fingerprint density at radius 2 is 2.30 bits per heavy atom. The summed E-state index contributed by atoms with van der Waals surface area (Å²) in [5, 5.41) is 7.39. The first kappa shape index (κ1) is 15.2. The van der Waals surface area contributed by atoms with E-state index < -0.39 is 12.0 Å². The van der Waals surface area contributed by atoms with Crippen molar-refractivity contribution < 1.29 is 14.3 Å². The highest BCUT2D eigenvalue weighted by molar-refractivity contribution is 7.16. The quantitative estimate of drug-likeness (QED) is 0.797. The number of carbonyl (C=O) groups is 2. The summed E-state index contributed by atoms with van der Waals surface area (Å²) in [4.78, 5) is 40.8. The van der Waals surface area contributed by atoms with Crippen LogP contribution >= 0.6 is 11.3 Å². The number of esters is 1. The molecule has 0 radical (unpaired) electrons. The number of hydrogen-bond donors (Lipinski definition) is 2. The van der Waals surface area contributed by atoms with Gasteiger partial charge in [0.1, 0.15) is 4.83 Å². The molecule has 2 aromatic heterocycles. The maximum Gasteiger partial charge on any atom is 0.337 e. The average Bonchev–Trinajstić information content (AvgIpc) is 3.00. The van der Waals surface area contributed by atoms with Crippen molar-refractivity contribution in [3.8, 4) is 0 Å². The van der Waals surface area contributed by atoms with Crippen molar-refractivity contribution in [1.29, 1.82) is 0 Å². The van der Waals surface area contributed by atoms with Crippen molar-refractivity contribution in [2.24, 2.45) is 0 Å². The van der Waals surface area contributed by atoms with Crippen LogP contribution in [-0.2, 0) is 16.1 Å². The summed E-state index contributed by atoms with van der Waals surface area (Å²) < 4.78 is 6.34. The molecule has 8 nitrogen and oxygen atoms in total. The summed E-state index contributed by atoms with van der Waals surface area (Å²) in [5.41, 5.74) is 0.411. The van der Waals surface area contributed by atoms with Gasteiger partial charge in [-0.15, -0.1) is 11.3 Å². The second-order valence-electron chi connectivity index (χ2n) is 4.80. The van der Waals surface area contributed by atoms with Crippen LogP contribution < -0.4 is 16.2 Å². The largest absolute Gasteiger partial charge is 0.463 e. The van der Waals surface area contributed by atoms with Crippen molar-refractivity contribution >= 4 is 33.6 Å². The van der Waals surface area contributed by atoms with Crippen LogP contribution in [0.25, 0.3) is 10.2 Å². The van der Waals surface area contributed by atoms with Gasteiger partial charge in [0.05, 0.1) is 42.7 Å². The third kappa shape index (κ3) is 2.95. The molecular weight excluding hydrogens is 320 g/mol. The Morgan fingerprint density at radius 3 is 3.09 bits per heavy atom. The standard InChI is InChI=1S/C14H14N4O4S/c1-2-22-13(20)9-5-15-14(21)17-10(9)6-18-7-16-11-8(12(18)19)3-4-23-11/h3-4,7H,2,5-6H2,1H3,(H2,15,17,21). The van der Waals surface area contributed by atoms with Crippen molar-refractivity contribution in [3.05, 3.63) is 39.4 Å². The number of allylic oxidation sites excluding steroid dienone is 1. The highest BCUT2D eigenvalue weighted by atomic mass is 32.1. The monoisotopic (exact) mass is 334 g/mol. The molecule has 0 aromatic carbocycles. The maximum atomic E-state index is 12.4. The second kappa shape index (κ2) is 6.21. The fourth-order valence-corrected chi connectivity index (χ4v) is 2.98. The number of hydrogen-bond acceptors (Lipinski definition) is 6. The van der Waals surface area contributed by atoms with E-state index in [9.17, 15) is 14.4 Å². The molecule has 3 heterocycles. The minimum absolute atomic E-state index is 0.0409. The topological polar surface area (TPSA) is 102 Å². The van der Waals surface area contributed by atoms with Gasteiger partial charge < -0.3 is 15.4 Å². The number of thiophene rings is 1. The number of rotatable bonds is 4. The zero-order chi connectivity index (χ0) is 16.4. The number of nitrogens with zero attached hydrogens (tertiary/aromatic N) is 2. The van der Waals surface area contributed by atoms with E-state index >= 15 is 0 Å². The lowest BCUT2D eigenvalue weighted by Crippen LogP contribution is -2.45. The Labute approximate surface area is 134 Å². The van der Waals surface area contributed by atoms with Crippen molar-refractivity contribution in [3.63, 3.8) is 0 Å². The molecule has 0 saturated carbocycles. The molecule has 9 heteroatoms. The molecule has 0 spiro atoms. The highest BCUT2D eigenvalue weighted by Crippen LogP contribution is 2.14. The van der Waals surface area contributed by atoms with Crippen molar-refractivity contribution in [2.45, 2.75) is 13.5 Å². The number of ether oxygens (including phenoxy) is 1. The summed E-state index contributed by atoms with van der Waals surface area (Å²) in [6.45, 7) is 2.03. The van der Waals surface area contributed by atoms with E-state index in [4.69, 9.17) is 4.74 Å². The molecule has 0 fully saturated rings. The molecule has 0 unspecified atom stereocenters. The van der Waals surface area contributed by atoms with Crippen LogP contribution in [0.15, 0.2) is 33.8 Å². The van der Waals surface area contributed by atoms with E-state index in [1.54, 1.807) is 18.4 Å². The Morgan fingerprint density at radius 1 is 1.48 bits per heavy atom. The summed E-state index contributed by atoms with van der Waals surface area (Å²) in [6.07, 6.45) is 1.41. The zero-order valence-corrected chi connectivity index (χ0v) is 13.1. The highest BCUT2D eigenvalue weighted by Gasteiger charge is 2.24. The zero-order valence-electron chi connectivity index (χ0n) is 12.3. The lowest BCUT2D eigenvalue weighted by molar-refractivity contribution is -0.138. The van der Waals surface area contributed by atoms with Crippen molar-refractivity contribution in [2.75, 3.05) is 13.2 Å². The minimum Gasteiger partial charge on any atom is -0.463 e. The van der Waals surface area contributed by atoms with Crippen LogP contribution in [0.1, 0.15) is 6.92 Å². The molecule has 1 aliphatic rings.